The quantitative estimate of drug-likeness (QED) is 0.863. The third-order valence-corrected chi connectivity index (χ3v) is 5.00. The zero-order valence-corrected chi connectivity index (χ0v) is 13.0. The molecule has 1 aliphatic rings. The van der Waals surface area contributed by atoms with Gasteiger partial charge in [0.25, 0.3) is 0 Å². The standard InChI is InChI=1S/C14H20N2O4S/c1-10(2)15-21(19,20)11-5-6-13(12(9-11)14(17)18)16-7-3-4-8-16/h5-6,9-10,15H,3-4,7-8H2,1-2H3,(H,17,18). The van der Waals surface area contributed by atoms with Crippen molar-refractivity contribution in [2.45, 2.75) is 37.6 Å². The Hall–Kier alpha value is -1.60. The normalized spacial score (nSPS) is 15.7. The average Bonchev–Trinajstić information content (AvgIpc) is 2.90. The van der Waals surface area contributed by atoms with Crippen LogP contribution in [0.15, 0.2) is 23.1 Å². The number of hydrogen-bond donors (Lipinski definition) is 2. The molecule has 1 heterocycles. The van der Waals surface area contributed by atoms with Gasteiger partial charge in [0.1, 0.15) is 0 Å². The van der Waals surface area contributed by atoms with Crippen molar-refractivity contribution >= 4 is 21.7 Å². The third kappa shape index (κ3) is 3.54. The molecule has 1 fully saturated rings. The molecule has 0 atom stereocenters. The Kier molecular flexibility index (Phi) is 4.53. The van der Waals surface area contributed by atoms with Gasteiger partial charge in [-0.05, 0) is 44.9 Å². The van der Waals surface area contributed by atoms with E-state index in [1.54, 1.807) is 19.9 Å². The van der Waals surface area contributed by atoms with E-state index in [0.717, 1.165) is 25.9 Å². The highest BCUT2D eigenvalue weighted by atomic mass is 32.2. The van der Waals surface area contributed by atoms with Crippen LogP contribution in [-0.2, 0) is 10.0 Å². The van der Waals surface area contributed by atoms with Crippen LogP contribution in [0.2, 0.25) is 0 Å². The van der Waals surface area contributed by atoms with Gasteiger partial charge in [-0.25, -0.2) is 17.9 Å². The van der Waals surface area contributed by atoms with Gasteiger partial charge in [-0.1, -0.05) is 0 Å². The van der Waals surface area contributed by atoms with Crippen LogP contribution in [0.4, 0.5) is 5.69 Å². The van der Waals surface area contributed by atoms with E-state index in [1.165, 1.54) is 12.1 Å². The van der Waals surface area contributed by atoms with E-state index >= 15 is 0 Å². The van der Waals surface area contributed by atoms with Crippen LogP contribution in [0.1, 0.15) is 37.0 Å². The average molecular weight is 312 g/mol. The number of rotatable bonds is 5. The van der Waals surface area contributed by atoms with Crippen LogP contribution >= 0.6 is 0 Å². The highest BCUT2D eigenvalue weighted by Gasteiger charge is 2.23. The fourth-order valence-electron chi connectivity index (χ4n) is 2.47. The molecule has 0 aliphatic carbocycles. The minimum atomic E-state index is -3.69. The van der Waals surface area contributed by atoms with Gasteiger partial charge in [0, 0.05) is 19.1 Å². The topological polar surface area (TPSA) is 86.7 Å². The molecule has 116 valence electrons. The molecule has 7 heteroatoms. The summed E-state index contributed by atoms with van der Waals surface area (Å²) >= 11 is 0. The maximum absolute atomic E-state index is 12.1. The molecule has 1 saturated heterocycles. The van der Waals surface area contributed by atoms with Crippen LogP contribution in [-0.4, -0.2) is 38.6 Å². The summed E-state index contributed by atoms with van der Waals surface area (Å²) in [7, 11) is -3.69. The molecule has 1 aromatic carbocycles. The molecule has 21 heavy (non-hydrogen) atoms. The van der Waals surface area contributed by atoms with Gasteiger partial charge >= 0.3 is 5.97 Å². The van der Waals surface area contributed by atoms with Gasteiger partial charge < -0.3 is 10.0 Å². The SMILES string of the molecule is CC(C)NS(=O)(=O)c1ccc(N2CCCC2)c(C(=O)O)c1. The molecular formula is C14H20N2O4S. The van der Waals surface area contributed by atoms with Gasteiger partial charge in [-0.3, -0.25) is 0 Å². The summed E-state index contributed by atoms with van der Waals surface area (Å²) in [6.45, 7) is 5.04. The lowest BCUT2D eigenvalue weighted by atomic mass is 10.1. The van der Waals surface area contributed by atoms with Crippen LogP contribution in [0.5, 0.6) is 0 Å². The number of carboxylic acid groups (broad SMARTS) is 1. The molecule has 0 aromatic heterocycles. The van der Waals surface area contributed by atoms with Crippen LogP contribution in [0.25, 0.3) is 0 Å². The molecule has 0 amide bonds. The predicted octanol–water partition coefficient (Wildman–Crippen LogP) is 1.67. The summed E-state index contributed by atoms with van der Waals surface area (Å²) in [5.74, 6) is -1.11. The highest BCUT2D eigenvalue weighted by molar-refractivity contribution is 7.89. The fourth-order valence-corrected chi connectivity index (χ4v) is 3.74. The summed E-state index contributed by atoms with van der Waals surface area (Å²) in [4.78, 5) is 13.4. The van der Waals surface area contributed by atoms with Gasteiger partial charge in [0.05, 0.1) is 16.1 Å². The van der Waals surface area contributed by atoms with Crippen LogP contribution < -0.4 is 9.62 Å². The number of nitrogens with one attached hydrogen (secondary N) is 1. The Labute approximate surface area is 124 Å². The molecule has 0 spiro atoms. The van der Waals surface area contributed by atoms with Crippen LogP contribution in [0, 0.1) is 0 Å². The second kappa shape index (κ2) is 6.03. The number of carboxylic acids is 1. The van der Waals surface area contributed by atoms with E-state index in [9.17, 15) is 18.3 Å². The minimum absolute atomic E-state index is 0.0171. The van der Waals surface area contributed by atoms with Crippen molar-refractivity contribution in [1.82, 2.24) is 4.72 Å². The Balaban J connectivity index is 2.43. The maximum Gasteiger partial charge on any atom is 0.337 e. The zero-order chi connectivity index (χ0) is 15.6. The van der Waals surface area contributed by atoms with E-state index in [0.29, 0.717) is 5.69 Å². The molecule has 0 radical (unpaired) electrons. The van der Waals surface area contributed by atoms with Crippen molar-refractivity contribution in [3.8, 4) is 0 Å². The first-order valence-electron chi connectivity index (χ1n) is 6.96. The molecule has 1 aliphatic heterocycles. The Bertz CT molecular complexity index is 634. The van der Waals surface area contributed by atoms with E-state index in [2.05, 4.69) is 4.72 Å². The van der Waals surface area contributed by atoms with Crippen LogP contribution in [0.3, 0.4) is 0 Å². The zero-order valence-electron chi connectivity index (χ0n) is 12.2. The lowest BCUT2D eigenvalue weighted by Gasteiger charge is -2.20. The van der Waals surface area contributed by atoms with Crippen molar-refractivity contribution in [3.63, 3.8) is 0 Å². The summed E-state index contributed by atoms with van der Waals surface area (Å²) < 4.78 is 26.7. The van der Waals surface area contributed by atoms with Gasteiger partial charge in [0.2, 0.25) is 10.0 Å². The summed E-state index contributed by atoms with van der Waals surface area (Å²) in [6, 6.07) is 4.04. The molecule has 2 N–H and O–H groups in total. The minimum Gasteiger partial charge on any atom is -0.478 e. The molecule has 6 nitrogen and oxygen atoms in total. The molecule has 0 saturated carbocycles. The molecule has 1 aromatic rings. The third-order valence-electron chi connectivity index (χ3n) is 3.35. The first kappa shape index (κ1) is 15.8. The molecule has 0 bridgehead atoms. The number of benzene rings is 1. The number of anilines is 1. The van der Waals surface area contributed by atoms with Crippen molar-refractivity contribution in [3.05, 3.63) is 23.8 Å². The number of aromatic carboxylic acids is 1. The van der Waals surface area contributed by atoms with Crippen molar-refractivity contribution < 1.29 is 18.3 Å². The first-order chi connectivity index (χ1) is 9.81. The van der Waals surface area contributed by atoms with Gasteiger partial charge in [0.15, 0.2) is 0 Å². The Morgan fingerprint density at radius 3 is 2.43 bits per heavy atom. The second-order valence-corrected chi connectivity index (χ2v) is 7.17. The monoisotopic (exact) mass is 312 g/mol. The van der Waals surface area contributed by atoms with E-state index in [-0.39, 0.29) is 16.5 Å². The molecule has 0 unspecified atom stereocenters. The smallest absolute Gasteiger partial charge is 0.337 e. The van der Waals surface area contributed by atoms with Crippen molar-refractivity contribution in [2.24, 2.45) is 0 Å². The predicted molar refractivity (Wildman–Crippen MR) is 80.3 cm³/mol. The lowest BCUT2D eigenvalue weighted by Crippen LogP contribution is -2.30. The van der Waals surface area contributed by atoms with Crippen molar-refractivity contribution in [2.75, 3.05) is 18.0 Å². The highest BCUT2D eigenvalue weighted by Crippen LogP contribution is 2.27. The van der Waals surface area contributed by atoms with Gasteiger partial charge in [-0.2, -0.15) is 0 Å². The molecule has 2 rings (SSSR count). The largest absolute Gasteiger partial charge is 0.478 e. The molecular weight excluding hydrogens is 292 g/mol. The van der Waals surface area contributed by atoms with Crippen molar-refractivity contribution in [1.29, 1.82) is 0 Å². The van der Waals surface area contributed by atoms with E-state index < -0.39 is 16.0 Å². The Morgan fingerprint density at radius 2 is 1.90 bits per heavy atom. The number of nitrogens with zero attached hydrogens (tertiary/aromatic N) is 1. The number of hydrogen-bond acceptors (Lipinski definition) is 4. The first-order valence-corrected chi connectivity index (χ1v) is 8.44. The number of sulfonamides is 1. The summed E-state index contributed by atoms with van der Waals surface area (Å²) in [5.41, 5.74) is 0.618. The fraction of sp³-hybridized carbons (Fsp3) is 0.500. The van der Waals surface area contributed by atoms with E-state index in [4.69, 9.17) is 0 Å². The summed E-state index contributed by atoms with van der Waals surface area (Å²) in [5, 5.41) is 9.36. The number of carbonyl (C=O) groups is 1. The summed E-state index contributed by atoms with van der Waals surface area (Å²) in [6.07, 6.45) is 2.04. The second-order valence-electron chi connectivity index (χ2n) is 5.45. The Morgan fingerprint density at radius 1 is 1.29 bits per heavy atom. The van der Waals surface area contributed by atoms with Gasteiger partial charge in [-0.15, -0.1) is 0 Å². The maximum atomic E-state index is 12.1. The lowest BCUT2D eigenvalue weighted by molar-refractivity contribution is 0.0697. The van der Waals surface area contributed by atoms with E-state index in [1.807, 2.05) is 4.90 Å².